The maximum Gasteiger partial charge on any atom is 0.326 e. The van der Waals surface area contributed by atoms with Gasteiger partial charge in [-0.2, -0.15) is 12.6 Å². The van der Waals surface area contributed by atoms with Crippen LogP contribution in [-0.4, -0.2) is 55.8 Å². The van der Waals surface area contributed by atoms with E-state index in [-0.39, 0.29) is 24.5 Å². The number of thiol groups is 1. The zero-order chi connectivity index (χ0) is 22.5. The summed E-state index contributed by atoms with van der Waals surface area (Å²) >= 11 is 4.29. The van der Waals surface area contributed by atoms with Gasteiger partial charge in [0.2, 0.25) is 11.8 Å². The number of amides is 2. The lowest BCUT2D eigenvalue weighted by Crippen LogP contribution is -2.47. The summed E-state index contributed by atoms with van der Waals surface area (Å²) in [4.78, 5) is 38.2. The largest absolute Gasteiger partial charge is 0.508 e. The van der Waals surface area contributed by atoms with Crippen LogP contribution >= 0.6 is 12.6 Å². The minimum atomic E-state index is -1.11. The third-order valence-electron chi connectivity index (χ3n) is 5.30. The van der Waals surface area contributed by atoms with Crippen molar-refractivity contribution in [1.82, 2.24) is 10.2 Å². The van der Waals surface area contributed by atoms with E-state index in [1.807, 2.05) is 0 Å². The number of phenols is 2. The van der Waals surface area contributed by atoms with Crippen LogP contribution in [0.1, 0.15) is 30.0 Å². The highest BCUT2D eigenvalue weighted by atomic mass is 32.1. The third kappa shape index (κ3) is 5.49. The number of phenolic OH excluding ortho intramolecular Hbond substituents is 2. The number of nitrogens with zero attached hydrogens (tertiary/aromatic N) is 1. The molecule has 4 N–H and O–H groups in total. The lowest BCUT2D eigenvalue weighted by Gasteiger charge is -2.29. The van der Waals surface area contributed by atoms with Gasteiger partial charge in [-0.05, 0) is 54.7 Å². The molecule has 1 heterocycles. The van der Waals surface area contributed by atoms with E-state index in [0.717, 1.165) is 5.56 Å². The first kappa shape index (κ1) is 22.5. The van der Waals surface area contributed by atoms with Crippen LogP contribution < -0.4 is 5.32 Å². The highest BCUT2D eigenvalue weighted by Crippen LogP contribution is 2.37. The van der Waals surface area contributed by atoms with E-state index in [1.54, 1.807) is 24.3 Å². The summed E-state index contributed by atoms with van der Waals surface area (Å²) < 4.78 is 0. The summed E-state index contributed by atoms with van der Waals surface area (Å²) in [6.07, 6.45) is 1.03. The number of carboxylic acids is 1. The smallest absolute Gasteiger partial charge is 0.326 e. The van der Waals surface area contributed by atoms with E-state index in [1.165, 1.54) is 29.2 Å². The Bertz CT molecular complexity index is 965. The van der Waals surface area contributed by atoms with Crippen LogP contribution in [0, 0.1) is 0 Å². The van der Waals surface area contributed by atoms with Crippen molar-refractivity contribution in [2.75, 3.05) is 6.54 Å². The number of aliphatic carboxylic acids is 1. The van der Waals surface area contributed by atoms with E-state index in [2.05, 4.69) is 17.9 Å². The van der Waals surface area contributed by atoms with E-state index in [4.69, 9.17) is 0 Å². The van der Waals surface area contributed by atoms with Crippen LogP contribution in [0.2, 0.25) is 0 Å². The molecule has 0 spiro atoms. The summed E-state index contributed by atoms with van der Waals surface area (Å²) in [5, 5.41) is 30.4. The van der Waals surface area contributed by atoms with Crippen LogP contribution in [0.4, 0.5) is 0 Å². The number of carbonyl (C=O) groups excluding carboxylic acids is 2. The predicted molar refractivity (Wildman–Crippen MR) is 116 cm³/mol. The van der Waals surface area contributed by atoms with Gasteiger partial charge in [0.05, 0.1) is 17.8 Å². The van der Waals surface area contributed by atoms with E-state index < -0.39 is 35.1 Å². The number of hydrogen-bond acceptors (Lipinski definition) is 6. The zero-order valence-corrected chi connectivity index (χ0v) is 17.5. The highest BCUT2D eigenvalue weighted by molar-refractivity contribution is 7.81. The number of carbonyl (C=O) groups is 3. The average molecular weight is 445 g/mol. The molecule has 3 rings (SSSR count). The molecular weight excluding hydrogens is 420 g/mol. The normalized spacial score (nSPS) is 19.1. The van der Waals surface area contributed by atoms with E-state index >= 15 is 0 Å². The summed E-state index contributed by atoms with van der Waals surface area (Å²) in [6, 6.07) is 11.3. The number of likely N-dealkylation sites (tertiary alicyclic amines) is 1. The second-order valence-corrected chi connectivity index (χ2v) is 8.07. The van der Waals surface area contributed by atoms with E-state index in [9.17, 15) is 29.7 Å². The van der Waals surface area contributed by atoms with Gasteiger partial charge in [0.1, 0.15) is 17.5 Å². The first-order valence-corrected chi connectivity index (χ1v) is 10.3. The van der Waals surface area contributed by atoms with Crippen molar-refractivity contribution in [3.63, 3.8) is 0 Å². The van der Waals surface area contributed by atoms with E-state index in [0.29, 0.717) is 18.4 Å². The van der Waals surface area contributed by atoms with Crippen molar-refractivity contribution < 1.29 is 29.7 Å². The number of hydrogen-bond donors (Lipinski definition) is 5. The van der Waals surface area contributed by atoms with Gasteiger partial charge >= 0.3 is 5.97 Å². The van der Waals surface area contributed by atoms with Gasteiger partial charge < -0.3 is 25.5 Å². The number of rotatable bonds is 7. The maximum absolute atomic E-state index is 12.9. The molecule has 2 aromatic rings. The first-order chi connectivity index (χ1) is 14.8. The molecule has 0 aliphatic carbocycles. The molecule has 2 aromatic carbocycles. The summed E-state index contributed by atoms with van der Waals surface area (Å²) in [5.74, 6) is -1.93. The second-order valence-electron chi connectivity index (χ2n) is 7.45. The quantitative estimate of drug-likeness (QED) is 0.415. The van der Waals surface area contributed by atoms with Gasteiger partial charge in [0.25, 0.3) is 0 Å². The van der Waals surface area contributed by atoms with Gasteiger partial charge in [0, 0.05) is 0 Å². The molecule has 0 radical (unpaired) electrons. The molecule has 1 aliphatic rings. The predicted octanol–water partition coefficient (Wildman–Crippen LogP) is 1.87. The van der Waals surface area contributed by atoms with Crippen molar-refractivity contribution in [3.8, 4) is 11.5 Å². The Hall–Kier alpha value is -3.20. The van der Waals surface area contributed by atoms with Gasteiger partial charge in [-0.15, -0.1) is 0 Å². The van der Waals surface area contributed by atoms with Crippen LogP contribution in [-0.2, 0) is 20.8 Å². The standard InChI is InChI=1S/C22H24N2O6S/c25-15-6-4-13(5-7-15)10-19(31)21(28)23-12-20(27)24-17(8-9-18(24)22(29)30)14-2-1-3-16(26)11-14/h1-7,11,17-19,25-26,31H,8-10,12H2,(H,23,28)(H,29,30)/t17?,18-,19?/m0/s1. The van der Waals surface area contributed by atoms with Crippen LogP contribution in [0.3, 0.4) is 0 Å². The van der Waals surface area contributed by atoms with Gasteiger partial charge in [-0.25, -0.2) is 4.79 Å². The Morgan fingerprint density at radius 1 is 1.06 bits per heavy atom. The molecular formula is C22H24N2O6S. The minimum absolute atomic E-state index is 0.0316. The molecule has 9 heteroatoms. The molecule has 2 unspecified atom stereocenters. The maximum atomic E-state index is 12.9. The number of benzene rings is 2. The highest BCUT2D eigenvalue weighted by Gasteiger charge is 2.41. The van der Waals surface area contributed by atoms with Crippen molar-refractivity contribution >= 4 is 30.4 Å². The molecule has 2 amide bonds. The fourth-order valence-electron chi connectivity index (χ4n) is 3.78. The average Bonchev–Trinajstić information content (AvgIpc) is 3.19. The topological polar surface area (TPSA) is 127 Å². The molecule has 3 atom stereocenters. The zero-order valence-electron chi connectivity index (χ0n) is 16.6. The molecule has 0 aromatic heterocycles. The van der Waals surface area contributed by atoms with Crippen molar-refractivity contribution in [1.29, 1.82) is 0 Å². The molecule has 1 fully saturated rings. The van der Waals surface area contributed by atoms with Gasteiger partial charge in [-0.1, -0.05) is 24.3 Å². The summed E-state index contributed by atoms with van der Waals surface area (Å²) in [7, 11) is 0. The Kier molecular flexibility index (Phi) is 7.06. The summed E-state index contributed by atoms with van der Waals surface area (Å²) in [5.41, 5.74) is 1.44. The Morgan fingerprint density at radius 3 is 2.42 bits per heavy atom. The second kappa shape index (κ2) is 9.74. The van der Waals surface area contributed by atoms with Crippen molar-refractivity contribution in [3.05, 3.63) is 59.7 Å². The fraction of sp³-hybridized carbons (Fsp3) is 0.318. The van der Waals surface area contributed by atoms with Crippen LogP contribution in [0.15, 0.2) is 48.5 Å². The Labute approximate surface area is 184 Å². The van der Waals surface area contributed by atoms with Gasteiger partial charge in [0.15, 0.2) is 0 Å². The van der Waals surface area contributed by atoms with Crippen LogP contribution in [0.25, 0.3) is 0 Å². The minimum Gasteiger partial charge on any atom is -0.508 e. The number of carboxylic acid groups (broad SMARTS) is 1. The fourth-order valence-corrected chi connectivity index (χ4v) is 4.08. The monoisotopic (exact) mass is 444 g/mol. The lowest BCUT2D eigenvalue weighted by atomic mass is 10.0. The van der Waals surface area contributed by atoms with Crippen molar-refractivity contribution in [2.24, 2.45) is 0 Å². The summed E-state index contributed by atoms with van der Waals surface area (Å²) in [6.45, 7) is -0.357. The van der Waals surface area contributed by atoms with Crippen LogP contribution in [0.5, 0.6) is 11.5 Å². The molecule has 8 nitrogen and oxygen atoms in total. The Balaban J connectivity index is 1.65. The molecule has 0 saturated carbocycles. The number of aromatic hydroxyl groups is 2. The molecule has 164 valence electrons. The SMILES string of the molecule is O=C(NCC(=O)N1C(c2cccc(O)c2)CC[C@H]1C(=O)O)C(S)Cc1ccc(O)cc1. The molecule has 1 saturated heterocycles. The molecule has 1 aliphatic heterocycles. The molecule has 31 heavy (non-hydrogen) atoms. The number of nitrogens with one attached hydrogen (secondary N) is 1. The first-order valence-electron chi connectivity index (χ1n) is 9.83. The van der Waals surface area contributed by atoms with Gasteiger partial charge in [-0.3, -0.25) is 9.59 Å². The Morgan fingerprint density at radius 2 is 1.77 bits per heavy atom. The van der Waals surface area contributed by atoms with Crippen molar-refractivity contribution in [2.45, 2.75) is 36.6 Å². The lowest BCUT2D eigenvalue weighted by molar-refractivity contribution is -0.149. The molecule has 0 bridgehead atoms. The third-order valence-corrected chi connectivity index (χ3v) is 5.71.